The van der Waals surface area contributed by atoms with Crippen LogP contribution in [-0.4, -0.2) is 45.9 Å². The molecule has 124 valence electrons. The zero-order chi connectivity index (χ0) is 15.9. The maximum absolute atomic E-state index is 6.04. The molecule has 1 saturated heterocycles. The van der Waals surface area contributed by atoms with E-state index in [4.69, 9.17) is 10.5 Å². The number of piperidine rings is 1. The molecule has 0 radical (unpaired) electrons. The number of likely N-dealkylation sites (N-methyl/N-ethyl adjacent to an activating group) is 1. The summed E-state index contributed by atoms with van der Waals surface area (Å²) in [6, 6.07) is 4.76. The fourth-order valence-electron chi connectivity index (χ4n) is 3.05. The lowest BCUT2D eigenvalue weighted by Crippen LogP contribution is -2.44. The third-order valence-electron chi connectivity index (χ3n) is 4.27. The predicted molar refractivity (Wildman–Crippen MR) is 93.9 cm³/mol. The largest absolute Gasteiger partial charge is 0.492 e. The second-order valence-corrected chi connectivity index (χ2v) is 5.93. The van der Waals surface area contributed by atoms with Gasteiger partial charge in [0.15, 0.2) is 0 Å². The van der Waals surface area contributed by atoms with Gasteiger partial charge in [-0.15, -0.1) is 0 Å². The predicted octanol–water partition coefficient (Wildman–Crippen LogP) is 1.75. The Hall–Kier alpha value is -1.46. The van der Waals surface area contributed by atoms with Crippen LogP contribution < -0.4 is 26.0 Å². The fourth-order valence-corrected chi connectivity index (χ4v) is 3.05. The van der Waals surface area contributed by atoms with E-state index in [2.05, 4.69) is 28.5 Å². The van der Waals surface area contributed by atoms with Gasteiger partial charge in [0, 0.05) is 44.0 Å². The van der Waals surface area contributed by atoms with Crippen LogP contribution in [0, 0.1) is 6.92 Å². The van der Waals surface area contributed by atoms with Crippen LogP contribution in [0.1, 0.15) is 25.3 Å². The van der Waals surface area contributed by atoms with Gasteiger partial charge in [-0.2, -0.15) is 0 Å². The number of nitrogens with one attached hydrogen (secondary N) is 2. The first kappa shape index (κ1) is 16.9. The molecule has 5 heteroatoms. The van der Waals surface area contributed by atoms with Crippen LogP contribution in [0.2, 0.25) is 0 Å². The van der Waals surface area contributed by atoms with Crippen molar-refractivity contribution in [2.45, 2.75) is 32.7 Å². The summed E-state index contributed by atoms with van der Waals surface area (Å²) in [5.74, 6) is 0.803. The number of ether oxygens (including phenoxy) is 1. The van der Waals surface area contributed by atoms with Crippen LogP contribution in [0.3, 0.4) is 0 Å². The summed E-state index contributed by atoms with van der Waals surface area (Å²) in [5.41, 5.74) is 9.25. The molecular weight excluding hydrogens is 276 g/mol. The lowest BCUT2D eigenvalue weighted by molar-refractivity contribution is 0.342. The Labute approximate surface area is 134 Å². The van der Waals surface area contributed by atoms with E-state index in [1.54, 1.807) is 0 Å². The number of rotatable bonds is 7. The van der Waals surface area contributed by atoms with Gasteiger partial charge in [0.1, 0.15) is 5.75 Å². The van der Waals surface area contributed by atoms with Crippen molar-refractivity contribution in [1.82, 2.24) is 10.6 Å². The molecule has 0 atom stereocenters. The Morgan fingerprint density at radius 3 is 2.64 bits per heavy atom. The summed E-state index contributed by atoms with van der Waals surface area (Å²) in [6.07, 6.45) is 2.36. The van der Waals surface area contributed by atoms with E-state index in [9.17, 15) is 0 Å². The number of nitrogens with zero attached hydrogens (tertiary/aromatic N) is 1. The SMILES string of the molecule is CCOc1cc(N2CCC(NCCNC)CC2)c(C)cc1N. The van der Waals surface area contributed by atoms with Crippen LogP contribution in [0.4, 0.5) is 11.4 Å². The molecule has 0 unspecified atom stereocenters. The summed E-state index contributed by atoms with van der Waals surface area (Å²) in [4.78, 5) is 2.45. The van der Waals surface area contributed by atoms with E-state index in [1.807, 2.05) is 20.0 Å². The van der Waals surface area contributed by atoms with Gasteiger partial charge in [-0.3, -0.25) is 0 Å². The molecule has 0 spiro atoms. The zero-order valence-corrected chi connectivity index (χ0v) is 14.1. The minimum atomic E-state index is 0.630. The molecule has 2 rings (SSSR count). The summed E-state index contributed by atoms with van der Waals surface area (Å²) >= 11 is 0. The normalized spacial score (nSPS) is 16.0. The second kappa shape index (κ2) is 8.25. The van der Waals surface area contributed by atoms with Gasteiger partial charge in [-0.05, 0) is 45.4 Å². The number of anilines is 2. The van der Waals surface area contributed by atoms with E-state index >= 15 is 0 Å². The highest BCUT2D eigenvalue weighted by atomic mass is 16.5. The highest BCUT2D eigenvalue weighted by molar-refractivity contribution is 5.66. The maximum Gasteiger partial charge on any atom is 0.144 e. The van der Waals surface area contributed by atoms with Crippen molar-refractivity contribution in [2.24, 2.45) is 0 Å². The minimum Gasteiger partial charge on any atom is -0.492 e. The Bertz CT molecular complexity index is 470. The first-order valence-corrected chi connectivity index (χ1v) is 8.31. The van der Waals surface area contributed by atoms with E-state index in [1.165, 1.54) is 24.1 Å². The molecule has 1 aromatic rings. The van der Waals surface area contributed by atoms with Crippen molar-refractivity contribution in [3.05, 3.63) is 17.7 Å². The molecule has 1 heterocycles. The summed E-state index contributed by atoms with van der Waals surface area (Å²) in [6.45, 7) is 8.97. The quantitative estimate of drug-likeness (QED) is 0.529. The smallest absolute Gasteiger partial charge is 0.144 e. The molecule has 1 aliphatic heterocycles. The number of nitrogen functional groups attached to an aromatic ring is 1. The number of aryl methyl sites for hydroxylation is 1. The number of hydrogen-bond acceptors (Lipinski definition) is 5. The number of benzene rings is 1. The third kappa shape index (κ3) is 4.27. The van der Waals surface area contributed by atoms with E-state index in [0.29, 0.717) is 12.6 Å². The van der Waals surface area contributed by atoms with Gasteiger partial charge in [0.05, 0.1) is 12.3 Å². The molecule has 0 bridgehead atoms. The average Bonchev–Trinajstić information content (AvgIpc) is 2.51. The van der Waals surface area contributed by atoms with Gasteiger partial charge < -0.3 is 26.0 Å². The fraction of sp³-hybridized carbons (Fsp3) is 0.647. The van der Waals surface area contributed by atoms with Crippen LogP contribution in [0.5, 0.6) is 5.75 Å². The molecule has 4 N–H and O–H groups in total. The minimum absolute atomic E-state index is 0.630. The summed E-state index contributed by atoms with van der Waals surface area (Å²) < 4.78 is 5.64. The van der Waals surface area contributed by atoms with E-state index in [-0.39, 0.29) is 0 Å². The van der Waals surface area contributed by atoms with Crippen LogP contribution in [0.25, 0.3) is 0 Å². The maximum atomic E-state index is 6.04. The van der Waals surface area contributed by atoms with Crippen LogP contribution in [0.15, 0.2) is 12.1 Å². The summed E-state index contributed by atoms with van der Waals surface area (Å²) in [5, 5.41) is 6.79. The Morgan fingerprint density at radius 2 is 2.00 bits per heavy atom. The third-order valence-corrected chi connectivity index (χ3v) is 4.27. The van der Waals surface area contributed by atoms with Crippen molar-refractivity contribution < 1.29 is 4.74 Å². The first-order chi connectivity index (χ1) is 10.7. The molecule has 5 nitrogen and oxygen atoms in total. The van der Waals surface area contributed by atoms with Gasteiger partial charge in [-0.1, -0.05) is 0 Å². The molecule has 0 aromatic heterocycles. The standard InChI is InChI=1S/C17H30N4O/c1-4-22-17-12-16(13(2)11-15(17)18)21-9-5-14(6-10-21)20-8-7-19-3/h11-12,14,19-20H,4-10,18H2,1-3H3. The topological polar surface area (TPSA) is 62.5 Å². The Morgan fingerprint density at radius 1 is 1.27 bits per heavy atom. The lowest BCUT2D eigenvalue weighted by atomic mass is 10.0. The van der Waals surface area contributed by atoms with E-state index in [0.717, 1.165) is 37.6 Å². The van der Waals surface area contributed by atoms with Crippen molar-refractivity contribution in [3.63, 3.8) is 0 Å². The van der Waals surface area contributed by atoms with E-state index < -0.39 is 0 Å². The molecule has 1 aliphatic rings. The molecule has 0 saturated carbocycles. The van der Waals surface area contributed by atoms with Crippen LogP contribution >= 0.6 is 0 Å². The molecule has 0 amide bonds. The summed E-state index contributed by atoms with van der Waals surface area (Å²) in [7, 11) is 1.99. The molecular formula is C17H30N4O. The van der Waals surface area contributed by atoms with Crippen molar-refractivity contribution in [1.29, 1.82) is 0 Å². The molecule has 22 heavy (non-hydrogen) atoms. The second-order valence-electron chi connectivity index (χ2n) is 5.93. The molecule has 0 aliphatic carbocycles. The Kier molecular flexibility index (Phi) is 6.34. The van der Waals surface area contributed by atoms with Gasteiger partial charge >= 0.3 is 0 Å². The Balaban J connectivity index is 1.97. The van der Waals surface area contributed by atoms with Crippen molar-refractivity contribution in [3.8, 4) is 5.75 Å². The first-order valence-electron chi connectivity index (χ1n) is 8.31. The van der Waals surface area contributed by atoms with Crippen molar-refractivity contribution >= 4 is 11.4 Å². The van der Waals surface area contributed by atoms with Crippen molar-refractivity contribution in [2.75, 3.05) is 50.5 Å². The highest BCUT2D eigenvalue weighted by Gasteiger charge is 2.20. The van der Waals surface area contributed by atoms with Gasteiger partial charge in [0.2, 0.25) is 0 Å². The van der Waals surface area contributed by atoms with Crippen LogP contribution in [-0.2, 0) is 0 Å². The van der Waals surface area contributed by atoms with Gasteiger partial charge in [-0.25, -0.2) is 0 Å². The van der Waals surface area contributed by atoms with Gasteiger partial charge in [0.25, 0.3) is 0 Å². The molecule has 1 fully saturated rings. The lowest BCUT2D eigenvalue weighted by Gasteiger charge is -2.35. The average molecular weight is 306 g/mol. The monoisotopic (exact) mass is 306 g/mol. The number of hydrogen-bond donors (Lipinski definition) is 3. The number of nitrogens with two attached hydrogens (primary N) is 1. The highest BCUT2D eigenvalue weighted by Crippen LogP contribution is 2.32. The molecule has 1 aromatic carbocycles. The zero-order valence-electron chi connectivity index (χ0n) is 14.1.